The summed E-state index contributed by atoms with van der Waals surface area (Å²) in [5.41, 5.74) is 6.73. The summed E-state index contributed by atoms with van der Waals surface area (Å²) in [6.07, 6.45) is 1.48. The molecule has 0 bridgehead atoms. The minimum atomic E-state index is -0.387. The lowest BCUT2D eigenvalue weighted by Gasteiger charge is -2.01. The number of carbonyl (C=O) groups is 1. The minimum Gasteiger partial charge on any atom is -0.427 e. The molecule has 2 heterocycles. The Bertz CT molecular complexity index is 863. The predicted octanol–water partition coefficient (Wildman–Crippen LogP) is 2.46. The van der Waals surface area contributed by atoms with Gasteiger partial charge < -0.3 is 14.9 Å². The first-order valence-corrected chi connectivity index (χ1v) is 7.23. The molecule has 0 fully saturated rings. The van der Waals surface area contributed by atoms with Crippen molar-refractivity contribution in [1.82, 2.24) is 20.2 Å². The van der Waals surface area contributed by atoms with Crippen LogP contribution in [0.3, 0.4) is 0 Å². The maximum Gasteiger partial charge on any atom is 0.308 e. The molecule has 2 aromatic heterocycles. The molecule has 0 aliphatic rings. The van der Waals surface area contributed by atoms with Crippen molar-refractivity contribution < 1.29 is 13.9 Å². The SMILES string of the molecule is CC(=O)Oc1ccc(-c2nnc(-c3nc(Br)cnc3N)o2)cc1. The summed E-state index contributed by atoms with van der Waals surface area (Å²) in [6.45, 7) is 1.33. The van der Waals surface area contributed by atoms with E-state index in [1.54, 1.807) is 24.3 Å². The minimum absolute atomic E-state index is 0.162. The summed E-state index contributed by atoms with van der Waals surface area (Å²) < 4.78 is 11.0. The number of carbonyl (C=O) groups excluding carboxylic acids is 1. The highest BCUT2D eigenvalue weighted by molar-refractivity contribution is 9.10. The van der Waals surface area contributed by atoms with Gasteiger partial charge >= 0.3 is 5.97 Å². The zero-order valence-corrected chi connectivity index (χ0v) is 13.4. The van der Waals surface area contributed by atoms with E-state index in [1.807, 2.05) is 0 Å². The number of nitrogen functional groups attached to an aromatic ring is 1. The fourth-order valence-corrected chi connectivity index (χ4v) is 2.08. The van der Waals surface area contributed by atoms with Crippen LogP contribution in [0.15, 0.2) is 39.5 Å². The molecule has 0 atom stereocenters. The van der Waals surface area contributed by atoms with Gasteiger partial charge in [-0.15, -0.1) is 10.2 Å². The second-order valence-corrected chi connectivity index (χ2v) is 5.27. The van der Waals surface area contributed by atoms with Crippen molar-refractivity contribution >= 4 is 27.7 Å². The van der Waals surface area contributed by atoms with E-state index in [1.165, 1.54) is 13.1 Å². The van der Waals surface area contributed by atoms with Gasteiger partial charge in [0.1, 0.15) is 10.4 Å². The van der Waals surface area contributed by atoms with Crippen LogP contribution in [-0.2, 0) is 4.79 Å². The van der Waals surface area contributed by atoms with Crippen LogP contribution in [-0.4, -0.2) is 26.1 Å². The molecule has 2 N–H and O–H groups in total. The molecule has 0 radical (unpaired) electrons. The summed E-state index contributed by atoms with van der Waals surface area (Å²) in [5.74, 6) is 0.684. The van der Waals surface area contributed by atoms with Crippen LogP contribution in [0.1, 0.15) is 6.92 Å². The number of ether oxygens (including phenoxy) is 1. The summed E-state index contributed by atoms with van der Waals surface area (Å²) in [4.78, 5) is 19.0. The van der Waals surface area contributed by atoms with E-state index in [-0.39, 0.29) is 23.6 Å². The molecule has 1 aromatic carbocycles. The van der Waals surface area contributed by atoms with Gasteiger partial charge in [0.25, 0.3) is 5.89 Å². The average molecular weight is 376 g/mol. The molecule has 116 valence electrons. The van der Waals surface area contributed by atoms with Gasteiger partial charge in [0.15, 0.2) is 11.5 Å². The quantitative estimate of drug-likeness (QED) is 0.547. The molecule has 0 unspecified atom stereocenters. The molecule has 0 spiro atoms. The Balaban J connectivity index is 1.89. The van der Waals surface area contributed by atoms with E-state index in [2.05, 4.69) is 36.1 Å². The maximum absolute atomic E-state index is 10.9. The van der Waals surface area contributed by atoms with Crippen molar-refractivity contribution in [2.24, 2.45) is 0 Å². The van der Waals surface area contributed by atoms with Crippen molar-refractivity contribution in [2.45, 2.75) is 6.92 Å². The van der Waals surface area contributed by atoms with Crippen molar-refractivity contribution in [3.63, 3.8) is 0 Å². The number of benzene rings is 1. The molecular weight excluding hydrogens is 366 g/mol. The third-order valence-corrected chi connectivity index (χ3v) is 3.14. The summed E-state index contributed by atoms with van der Waals surface area (Å²) in [6, 6.07) is 6.67. The van der Waals surface area contributed by atoms with Gasteiger partial charge in [0, 0.05) is 12.5 Å². The van der Waals surface area contributed by atoms with Gasteiger partial charge in [0.2, 0.25) is 5.89 Å². The smallest absolute Gasteiger partial charge is 0.308 e. The van der Waals surface area contributed by atoms with Gasteiger partial charge in [-0.2, -0.15) is 0 Å². The van der Waals surface area contributed by atoms with Gasteiger partial charge in [0.05, 0.1) is 6.20 Å². The van der Waals surface area contributed by atoms with Gasteiger partial charge in [-0.05, 0) is 40.2 Å². The lowest BCUT2D eigenvalue weighted by atomic mass is 10.2. The number of esters is 1. The topological polar surface area (TPSA) is 117 Å². The van der Waals surface area contributed by atoms with Gasteiger partial charge in [-0.1, -0.05) is 0 Å². The molecule has 0 saturated carbocycles. The molecule has 9 heteroatoms. The van der Waals surface area contributed by atoms with Crippen LogP contribution < -0.4 is 10.5 Å². The number of anilines is 1. The van der Waals surface area contributed by atoms with Gasteiger partial charge in [-0.3, -0.25) is 4.79 Å². The van der Waals surface area contributed by atoms with Crippen LogP contribution in [0.4, 0.5) is 5.82 Å². The Morgan fingerprint density at radius 3 is 2.61 bits per heavy atom. The first-order chi connectivity index (χ1) is 11.0. The fraction of sp³-hybridized carbons (Fsp3) is 0.0714. The summed E-state index contributed by atoms with van der Waals surface area (Å²) in [5, 5.41) is 7.89. The van der Waals surface area contributed by atoms with Crippen molar-refractivity contribution in [3.05, 3.63) is 35.1 Å². The maximum atomic E-state index is 10.9. The average Bonchev–Trinajstić information content (AvgIpc) is 2.99. The van der Waals surface area contributed by atoms with E-state index in [0.717, 1.165) is 0 Å². The largest absolute Gasteiger partial charge is 0.427 e. The molecule has 0 saturated heterocycles. The predicted molar refractivity (Wildman–Crippen MR) is 84.2 cm³/mol. The van der Waals surface area contributed by atoms with Crippen molar-refractivity contribution in [2.75, 3.05) is 5.73 Å². The molecule has 0 aliphatic heterocycles. The summed E-state index contributed by atoms with van der Waals surface area (Å²) in [7, 11) is 0. The van der Waals surface area contributed by atoms with Crippen molar-refractivity contribution in [1.29, 1.82) is 0 Å². The Hall–Kier alpha value is -2.81. The molecule has 3 aromatic rings. The zero-order chi connectivity index (χ0) is 16.4. The number of hydrogen-bond donors (Lipinski definition) is 1. The number of rotatable bonds is 3. The van der Waals surface area contributed by atoms with E-state index in [4.69, 9.17) is 14.9 Å². The zero-order valence-electron chi connectivity index (χ0n) is 11.9. The van der Waals surface area contributed by atoms with Crippen molar-refractivity contribution in [3.8, 4) is 28.8 Å². The standard InChI is InChI=1S/C14H10BrN5O3/c1-7(21)22-9-4-2-8(3-5-9)13-19-20-14(23-13)11-12(16)17-6-10(15)18-11/h2-6H,1H3,(H2,16,17). The van der Waals surface area contributed by atoms with E-state index >= 15 is 0 Å². The van der Waals surface area contributed by atoms with E-state index in [0.29, 0.717) is 21.6 Å². The molecule has 23 heavy (non-hydrogen) atoms. The Morgan fingerprint density at radius 1 is 1.22 bits per heavy atom. The fourth-order valence-electron chi connectivity index (χ4n) is 1.80. The Morgan fingerprint density at radius 2 is 1.91 bits per heavy atom. The highest BCUT2D eigenvalue weighted by Crippen LogP contribution is 2.27. The van der Waals surface area contributed by atoms with Crippen LogP contribution >= 0.6 is 15.9 Å². The monoisotopic (exact) mass is 375 g/mol. The molecule has 0 amide bonds. The highest BCUT2D eigenvalue weighted by atomic mass is 79.9. The summed E-state index contributed by atoms with van der Waals surface area (Å²) >= 11 is 3.21. The lowest BCUT2D eigenvalue weighted by molar-refractivity contribution is -0.131. The molecule has 8 nitrogen and oxygen atoms in total. The number of hydrogen-bond acceptors (Lipinski definition) is 8. The number of halogens is 1. The number of nitrogens with two attached hydrogens (primary N) is 1. The second kappa shape index (κ2) is 6.13. The normalized spacial score (nSPS) is 10.5. The molecule has 0 aliphatic carbocycles. The first-order valence-electron chi connectivity index (χ1n) is 6.43. The highest BCUT2D eigenvalue weighted by Gasteiger charge is 2.15. The second-order valence-electron chi connectivity index (χ2n) is 4.46. The first kappa shape index (κ1) is 15.1. The van der Waals surface area contributed by atoms with Gasteiger partial charge in [-0.25, -0.2) is 9.97 Å². The van der Waals surface area contributed by atoms with Crippen LogP contribution in [0, 0.1) is 0 Å². The van der Waals surface area contributed by atoms with E-state index in [9.17, 15) is 4.79 Å². The third-order valence-electron chi connectivity index (χ3n) is 2.76. The Labute approximate surface area is 138 Å². The number of aromatic nitrogens is 4. The van der Waals surface area contributed by atoms with E-state index < -0.39 is 0 Å². The number of nitrogens with zero attached hydrogens (tertiary/aromatic N) is 4. The van der Waals surface area contributed by atoms with Crippen LogP contribution in [0.2, 0.25) is 0 Å². The Kier molecular flexibility index (Phi) is 4.02. The van der Waals surface area contributed by atoms with Crippen LogP contribution in [0.5, 0.6) is 5.75 Å². The van der Waals surface area contributed by atoms with Crippen LogP contribution in [0.25, 0.3) is 23.0 Å². The lowest BCUT2D eigenvalue weighted by Crippen LogP contribution is -2.00. The third kappa shape index (κ3) is 3.34. The molecule has 3 rings (SSSR count). The molecular formula is C14H10BrN5O3.